The summed E-state index contributed by atoms with van der Waals surface area (Å²) < 4.78 is 38.9. The smallest absolute Gasteiger partial charge is 0.353 e. The van der Waals surface area contributed by atoms with Crippen molar-refractivity contribution in [1.29, 1.82) is 0 Å². The fourth-order valence-corrected chi connectivity index (χ4v) is 5.54. The molecule has 2 amide bonds. The van der Waals surface area contributed by atoms with Crippen LogP contribution >= 0.6 is 0 Å². The monoisotopic (exact) mass is 465 g/mol. The Bertz CT molecular complexity index is 822. The van der Waals surface area contributed by atoms with Crippen molar-refractivity contribution in [3.8, 4) is 0 Å². The van der Waals surface area contributed by atoms with E-state index in [-0.39, 0.29) is 23.3 Å². The van der Waals surface area contributed by atoms with Crippen LogP contribution in [-0.4, -0.2) is 59.9 Å². The Morgan fingerprint density at radius 2 is 1.55 bits per heavy atom. The van der Waals surface area contributed by atoms with Crippen molar-refractivity contribution in [2.24, 2.45) is 5.92 Å². The molecule has 1 aliphatic carbocycles. The Balaban J connectivity index is 1.23. The van der Waals surface area contributed by atoms with E-state index >= 15 is 0 Å². The van der Waals surface area contributed by atoms with Gasteiger partial charge in [0.1, 0.15) is 0 Å². The van der Waals surface area contributed by atoms with E-state index in [1.165, 1.54) is 31.4 Å². The van der Waals surface area contributed by atoms with Crippen molar-refractivity contribution in [2.45, 2.75) is 76.0 Å². The van der Waals surface area contributed by atoms with E-state index in [1.54, 1.807) is 4.90 Å². The highest BCUT2D eigenvalue weighted by atomic mass is 19.4. The zero-order valence-corrected chi connectivity index (χ0v) is 19.1. The zero-order valence-electron chi connectivity index (χ0n) is 19.1. The molecule has 8 heteroatoms. The molecule has 0 atom stereocenters. The standard InChI is InChI=1S/C25H34F3N3O2/c26-25(27,28)20-6-4-5-19(17-20)24(33)31-15-11-22(12-16-31)30-13-9-18(10-14-30)23(32)29-21-7-2-1-3-8-21/h4-6,17-18,21-22H,1-3,7-16H2,(H,29,32). The molecule has 5 nitrogen and oxygen atoms in total. The molecule has 33 heavy (non-hydrogen) atoms. The molecule has 1 aromatic rings. The summed E-state index contributed by atoms with van der Waals surface area (Å²) in [4.78, 5) is 29.5. The minimum atomic E-state index is -4.46. The number of likely N-dealkylation sites (tertiary alicyclic amines) is 2. The molecule has 2 aliphatic heterocycles. The van der Waals surface area contributed by atoms with Crippen LogP contribution in [0, 0.1) is 5.92 Å². The second-order valence-electron chi connectivity index (χ2n) is 9.76. The number of nitrogens with one attached hydrogen (secondary N) is 1. The minimum absolute atomic E-state index is 0.0887. The first-order valence-corrected chi connectivity index (χ1v) is 12.3. The number of carbonyl (C=O) groups excluding carboxylic acids is 2. The number of rotatable bonds is 4. The van der Waals surface area contributed by atoms with Crippen LogP contribution in [0.5, 0.6) is 0 Å². The van der Waals surface area contributed by atoms with Crippen LogP contribution in [-0.2, 0) is 11.0 Å². The van der Waals surface area contributed by atoms with Gasteiger partial charge in [-0.25, -0.2) is 0 Å². The van der Waals surface area contributed by atoms with Crippen LogP contribution < -0.4 is 5.32 Å². The Morgan fingerprint density at radius 3 is 2.18 bits per heavy atom. The number of halogens is 3. The fraction of sp³-hybridized carbons (Fsp3) is 0.680. The SMILES string of the molecule is O=C(NC1CCCCC1)C1CCN(C2CCN(C(=O)c3cccc(C(F)(F)F)c3)CC2)CC1. The van der Waals surface area contributed by atoms with Gasteiger partial charge in [0.05, 0.1) is 5.56 Å². The van der Waals surface area contributed by atoms with E-state index < -0.39 is 11.7 Å². The van der Waals surface area contributed by atoms with Gasteiger partial charge in [-0.2, -0.15) is 13.2 Å². The molecule has 2 heterocycles. The molecule has 1 saturated carbocycles. The molecule has 182 valence electrons. The summed E-state index contributed by atoms with van der Waals surface area (Å²) in [7, 11) is 0. The third-order valence-corrected chi connectivity index (χ3v) is 7.56. The van der Waals surface area contributed by atoms with Crippen LogP contribution in [0.1, 0.15) is 73.7 Å². The quantitative estimate of drug-likeness (QED) is 0.714. The lowest BCUT2D eigenvalue weighted by Crippen LogP contribution is -2.50. The summed E-state index contributed by atoms with van der Waals surface area (Å²) in [6, 6.07) is 5.38. The van der Waals surface area contributed by atoms with Gasteiger partial charge < -0.3 is 15.1 Å². The second kappa shape index (κ2) is 10.5. The maximum Gasteiger partial charge on any atom is 0.416 e. The van der Waals surface area contributed by atoms with E-state index in [9.17, 15) is 22.8 Å². The first-order valence-electron chi connectivity index (χ1n) is 12.3. The highest BCUT2D eigenvalue weighted by Gasteiger charge is 2.34. The average Bonchev–Trinajstić information content (AvgIpc) is 2.84. The van der Waals surface area contributed by atoms with Gasteiger partial charge in [0.15, 0.2) is 0 Å². The fourth-order valence-electron chi connectivity index (χ4n) is 5.54. The summed E-state index contributed by atoms with van der Waals surface area (Å²) in [5, 5.41) is 3.26. The van der Waals surface area contributed by atoms with Crippen LogP contribution in [0.3, 0.4) is 0 Å². The molecule has 2 saturated heterocycles. The normalized spacial score (nSPS) is 22.3. The Morgan fingerprint density at radius 1 is 0.879 bits per heavy atom. The summed E-state index contributed by atoms with van der Waals surface area (Å²) in [5.74, 6) is -0.0357. The highest BCUT2D eigenvalue weighted by molar-refractivity contribution is 5.94. The van der Waals surface area contributed by atoms with Crippen LogP contribution in [0.25, 0.3) is 0 Å². The average molecular weight is 466 g/mol. The van der Waals surface area contributed by atoms with E-state index in [2.05, 4.69) is 10.2 Å². The first kappa shape index (κ1) is 24.0. The van der Waals surface area contributed by atoms with E-state index in [0.717, 1.165) is 63.7 Å². The Kier molecular flexibility index (Phi) is 7.62. The number of hydrogen-bond donors (Lipinski definition) is 1. The number of amides is 2. The Labute approximate surface area is 193 Å². The number of piperidine rings is 2. The minimum Gasteiger partial charge on any atom is -0.353 e. The van der Waals surface area contributed by atoms with Gasteiger partial charge in [-0.3, -0.25) is 9.59 Å². The molecule has 0 unspecified atom stereocenters. The predicted molar refractivity (Wildman–Crippen MR) is 120 cm³/mol. The van der Waals surface area contributed by atoms with Crippen molar-refractivity contribution >= 4 is 11.8 Å². The third-order valence-electron chi connectivity index (χ3n) is 7.56. The third kappa shape index (κ3) is 6.08. The van der Waals surface area contributed by atoms with Crippen molar-refractivity contribution in [1.82, 2.24) is 15.1 Å². The molecule has 3 aliphatic rings. The maximum absolute atomic E-state index is 13.0. The molecule has 3 fully saturated rings. The van der Waals surface area contributed by atoms with Gasteiger partial charge in [-0.15, -0.1) is 0 Å². The van der Waals surface area contributed by atoms with E-state index in [0.29, 0.717) is 25.2 Å². The van der Waals surface area contributed by atoms with Crippen LogP contribution in [0.4, 0.5) is 13.2 Å². The summed E-state index contributed by atoms with van der Waals surface area (Å²) in [6.07, 6.45) is 4.77. The van der Waals surface area contributed by atoms with Gasteiger partial charge in [-0.05, 0) is 69.8 Å². The predicted octanol–water partition coefficient (Wildman–Crippen LogP) is 4.47. The topological polar surface area (TPSA) is 52.7 Å². The lowest BCUT2D eigenvalue weighted by atomic mass is 9.91. The number of alkyl halides is 3. The molecular weight excluding hydrogens is 431 g/mol. The molecule has 0 bridgehead atoms. The summed E-state index contributed by atoms with van der Waals surface area (Å²) in [6.45, 7) is 2.85. The first-order chi connectivity index (χ1) is 15.8. The van der Waals surface area contributed by atoms with Crippen LogP contribution in [0.2, 0.25) is 0 Å². The molecular formula is C25H34F3N3O2. The number of carbonyl (C=O) groups is 2. The van der Waals surface area contributed by atoms with E-state index in [4.69, 9.17) is 0 Å². The number of nitrogens with zero attached hydrogens (tertiary/aromatic N) is 2. The summed E-state index contributed by atoms with van der Waals surface area (Å²) in [5.41, 5.74) is -0.702. The van der Waals surface area contributed by atoms with Gasteiger partial charge in [0.25, 0.3) is 5.91 Å². The lowest BCUT2D eigenvalue weighted by molar-refractivity contribution is -0.137. The van der Waals surface area contributed by atoms with Gasteiger partial charge in [-0.1, -0.05) is 25.3 Å². The molecule has 0 spiro atoms. The van der Waals surface area contributed by atoms with Crippen molar-refractivity contribution in [3.05, 3.63) is 35.4 Å². The van der Waals surface area contributed by atoms with Gasteiger partial charge in [0, 0.05) is 36.7 Å². The molecule has 1 aromatic carbocycles. The van der Waals surface area contributed by atoms with Gasteiger partial charge in [0.2, 0.25) is 5.91 Å². The highest BCUT2D eigenvalue weighted by Crippen LogP contribution is 2.30. The second-order valence-corrected chi connectivity index (χ2v) is 9.76. The molecule has 0 aromatic heterocycles. The van der Waals surface area contributed by atoms with Crippen LogP contribution in [0.15, 0.2) is 24.3 Å². The maximum atomic E-state index is 13.0. The summed E-state index contributed by atoms with van der Waals surface area (Å²) >= 11 is 0. The Hall–Kier alpha value is -2.09. The van der Waals surface area contributed by atoms with Crippen molar-refractivity contribution in [3.63, 3.8) is 0 Å². The molecule has 4 rings (SSSR count). The van der Waals surface area contributed by atoms with E-state index in [1.807, 2.05) is 0 Å². The molecule has 1 N–H and O–H groups in total. The lowest BCUT2D eigenvalue weighted by Gasteiger charge is -2.41. The van der Waals surface area contributed by atoms with Gasteiger partial charge >= 0.3 is 6.18 Å². The molecule has 0 radical (unpaired) electrons. The number of hydrogen-bond acceptors (Lipinski definition) is 3. The largest absolute Gasteiger partial charge is 0.416 e. The number of benzene rings is 1. The van der Waals surface area contributed by atoms with Crippen molar-refractivity contribution in [2.75, 3.05) is 26.2 Å². The van der Waals surface area contributed by atoms with Crippen molar-refractivity contribution < 1.29 is 22.8 Å². The zero-order chi connectivity index (χ0) is 23.4.